The summed E-state index contributed by atoms with van der Waals surface area (Å²) in [5.74, 6) is 0.813. The van der Waals surface area contributed by atoms with Crippen LogP contribution in [0.5, 0.6) is 0 Å². The van der Waals surface area contributed by atoms with E-state index in [4.69, 9.17) is 28.2 Å². The molecular formula is C19H16Cl2N4O. The van der Waals surface area contributed by atoms with Crippen LogP contribution in [0.4, 0.5) is 0 Å². The highest BCUT2D eigenvalue weighted by molar-refractivity contribution is 6.39. The van der Waals surface area contributed by atoms with Crippen molar-refractivity contribution in [2.75, 3.05) is 0 Å². The van der Waals surface area contributed by atoms with Crippen molar-refractivity contribution in [1.29, 1.82) is 0 Å². The molecule has 1 atom stereocenters. The molecule has 4 rings (SSSR count). The summed E-state index contributed by atoms with van der Waals surface area (Å²) in [6, 6.07) is 6.68. The SMILES string of the molecule is Cc1cn2c(n1)[C@H](C)N=C(c1[nH]c(=O)ccc1Cl)c1c-2ccc(C)c1Cl. The van der Waals surface area contributed by atoms with Gasteiger partial charge in [0.2, 0.25) is 5.56 Å². The fourth-order valence-electron chi connectivity index (χ4n) is 3.23. The second-order valence-electron chi connectivity index (χ2n) is 6.40. The Balaban J connectivity index is 2.12. The van der Waals surface area contributed by atoms with Gasteiger partial charge in [-0.05, 0) is 38.5 Å². The van der Waals surface area contributed by atoms with E-state index in [0.29, 0.717) is 21.5 Å². The van der Waals surface area contributed by atoms with Gasteiger partial charge in [-0.15, -0.1) is 0 Å². The Labute approximate surface area is 160 Å². The summed E-state index contributed by atoms with van der Waals surface area (Å²) in [7, 11) is 0. The van der Waals surface area contributed by atoms with Gasteiger partial charge in [0.05, 0.1) is 32.8 Å². The molecule has 0 unspecified atom stereocenters. The number of aromatic nitrogens is 3. The number of imidazole rings is 1. The minimum atomic E-state index is -0.247. The van der Waals surface area contributed by atoms with E-state index < -0.39 is 0 Å². The minimum absolute atomic E-state index is 0.234. The van der Waals surface area contributed by atoms with Crippen molar-refractivity contribution in [3.8, 4) is 5.69 Å². The standard InChI is InChI=1S/C19H16Cl2N4O/c1-9-4-6-13-15(16(9)21)18(17-12(20)5-7-14(26)24-17)23-11(3)19-22-10(2)8-25(13)19/h4-8,11H,1-3H3,(H,24,26)/t11-/m0/s1. The van der Waals surface area contributed by atoms with Gasteiger partial charge in [0, 0.05) is 17.8 Å². The summed E-state index contributed by atoms with van der Waals surface area (Å²) >= 11 is 13.1. The van der Waals surface area contributed by atoms with Gasteiger partial charge in [0.25, 0.3) is 0 Å². The molecule has 5 nitrogen and oxygen atoms in total. The second kappa shape index (κ2) is 6.11. The quantitative estimate of drug-likeness (QED) is 0.673. The predicted molar refractivity (Wildman–Crippen MR) is 104 cm³/mol. The first-order chi connectivity index (χ1) is 12.4. The smallest absolute Gasteiger partial charge is 0.248 e. The van der Waals surface area contributed by atoms with E-state index in [9.17, 15) is 4.79 Å². The Morgan fingerprint density at radius 1 is 1.15 bits per heavy atom. The van der Waals surface area contributed by atoms with Crippen LogP contribution < -0.4 is 5.56 Å². The number of benzene rings is 1. The van der Waals surface area contributed by atoms with Crippen molar-refractivity contribution < 1.29 is 0 Å². The number of rotatable bonds is 1. The van der Waals surface area contributed by atoms with E-state index >= 15 is 0 Å². The van der Waals surface area contributed by atoms with Crippen LogP contribution in [0.25, 0.3) is 5.69 Å². The second-order valence-corrected chi connectivity index (χ2v) is 7.19. The van der Waals surface area contributed by atoms with Crippen LogP contribution in [0, 0.1) is 13.8 Å². The van der Waals surface area contributed by atoms with Gasteiger partial charge in [-0.1, -0.05) is 29.3 Å². The van der Waals surface area contributed by atoms with Gasteiger partial charge in [0.1, 0.15) is 11.9 Å². The summed E-state index contributed by atoms with van der Waals surface area (Å²) < 4.78 is 2.01. The first-order valence-electron chi connectivity index (χ1n) is 8.19. The number of aliphatic imine (C=N–C) groups is 1. The lowest BCUT2D eigenvalue weighted by atomic mass is 10.0. The summed E-state index contributed by atoms with van der Waals surface area (Å²) in [5, 5.41) is 0.989. The topological polar surface area (TPSA) is 63.0 Å². The van der Waals surface area contributed by atoms with E-state index in [1.807, 2.05) is 43.7 Å². The van der Waals surface area contributed by atoms with Crippen LogP contribution in [0.2, 0.25) is 10.0 Å². The molecule has 26 heavy (non-hydrogen) atoms. The van der Waals surface area contributed by atoms with Crippen LogP contribution in [0.3, 0.4) is 0 Å². The Bertz CT molecular complexity index is 1130. The lowest BCUT2D eigenvalue weighted by Crippen LogP contribution is -2.16. The predicted octanol–water partition coefficient (Wildman–Crippen LogP) is 4.40. The lowest BCUT2D eigenvalue weighted by molar-refractivity contribution is 0.729. The molecule has 2 aromatic heterocycles. The monoisotopic (exact) mass is 386 g/mol. The number of aryl methyl sites for hydroxylation is 2. The summed E-state index contributed by atoms with van der Waals surface area (Å²) in [4.78, 5) is 24.2. The fourth-order valence-corrected chi connectivity index (χ4v) is 3.68. The van der Waals surface area contributed by atoms with Crippen LogP contribution in [0.15, 0.2) is 40.2 Å². The highest BCUT2D eigenvalue weighted by Gasteiger charge is 2.28. The molecule has 0 radical (unpaired) electrons. The number of hydrogen-bond donors (Lipinski definition) is 1. The molecule has 0 saturated heterocycles. The largest absolute Gasteiger partial charge is 0.319 e. The van der Waals surface area contributed by atoms with Gasteiger partial charge in [-0.3, -0.25) is 9.79 Å². The maximum atomic E-state index is 11.9. The molecule has 1 aromatic carbocycles. The molecule has 3 heterocycles. The molecule has 0 bridgehead atoms. The third-order valence-electron chi connectivity index (χ3n) is 4.46. The number of nitrogens with zero attached hydrogens (tertiary/aromatic N) is 3. The highest BCUT2D eigenvalue weighted by Crippen LogP contribution is 2.36. The average molecular weight is 387 g/mol. The van der Waals surface area contributed by atoms with E-state index in [2.05, 4.69) is 9.97 Å². The number of nitrogens with one attached hydrogen (secondary N) is 1. The van der Waals surface area contributed by atoms with Crippen LogP contribution in [-0.2, 0) is 0 Å². The Morgan fingerprint density at radius 2 is 1.92 bits per heavy atom. The summed E-state index contributed by atoms with van der Waals surface area (Å²) in [5.41, 5.74) is 4.19. The van der Waals surface area contributed by atoms with Crippen molar-refractivity contribution >= 4 is 28.9 Å². The first-order valence-corrected chi connectivity index (χ1v) is 8.95. The van der Waals surface area contributed by atoms with Gasteiger partial charge in [0.15, 0.2) is 0 Å². The Kier molecular flexibility index (Phi) is 4.01. The maximum Gasteiger partial charge on any atom is 0.248 e. The molecule has 7 heteroatoms. The van der Waals surface area contributed by atoms with Gasteiger partial charge in [-0.2, -0.15) is 0 Å². The normalized spacial score (nSPS) is 15.9. The number of pyridine rings is 1. The third-order valence-corrected chi connectivity index (χ3v) is 5.27. The molecule has 0 spiro atoms. The molecule has 3 aromatic rings. The molecule has 0 amide bonds. The zero-order chi connectivity index (χ0) is 18.6. The van der Waals surface area contributed by atoms with Crippen molar-refractivity contribution in [2.24, 2.45) is 4.99 Å². The molecule has 0 saturated carbocycles. The maximum absolute atomic E-state index is 11.9. The number of H-pyrrole nitrogens is 1. The van der Waals surface area contributed by atoms with E-state index in [0.717, 1.165) is 28.3 Å². The van der Waals surface area contributed by atoms with Gasteiger partial charge < -0.3 is 9.55 Å². The lowest BCUT2D eigenvalue weighted by Gasteiger charge is -2.15. The van der Waals surface area contributed by atoms with E-state index in [1.165, 1.54) is 6.07 Å². The van der Waals surface area contributed by atoms with Crippen molar-refractivity contribution in [1.82, 2.24) is 14.5 Å². The number of hydrogen-bond acceptors (Lipinski definition) is 3. The Morgan fingerprint density at radius 3 is 2.69 bits per heavy atom. The number of halogens is 2. The molecule has 132 valence electrons. The molecule has 1 aliphatic heterocycles. The average Bonchev–Trinajstić information content (AvgIpc) is 2.94. The van der Waals surface area contributed by atoms with Crippen molar-refractivity contribution in [3.05, 3.63) is 79.2 Å². The number of aromatic amines is 1. The Hall–Kier alpha value is -2.37. The summed E-state index contributed by atoms with van der Waals surface area (Å²) in [6.45, 7) is 5.84. The van der Waals surface area contributed by atoms with Crippen LogP contribution >= 0.6 is 23.2 Å². The third kappa shape index (κ3) is 2.59. The molecule has 0 fully saturated rings. The van der Waals surface area contributed by atoms with Crippen molar-refractivity contribution in [3.63, 3.8) is 0 Å². The molecular weight excluding hydrogens is 371 g/mol. The zero-order valence-electron chi connectivity index (χ0n) is 14.5. The van der Waals surface area contributed by atoms with Crippen LogP contribution in [-0.4, -0.2) is 20.2 Å². The zero-order valence-corrected chi connectivity index (χ0v) is 16.0. The van der Waals surface area contributed by atoms with Gasteiger partial charge in [-0.25, -0.2) is 4.98 Å². The van der Waals surface area contributed by atoms with Crippen molar-refractivity contribution in [2.45, 2.75) is 26.8 Å². The fraction of sp³-hybridized carbons (Fsp3) is 0.211. The molecule has 0 aliphatic carbocycles. The van der Waals surface area contributed by atoms with Crippen LogP contribution in [0.1, 0.15) is 41.3 Å². The molecule has 1 N–H and O–H groups in total. The van der Waals surface area contributed by atoms with E-state index in [-0.39, 0.29) is 11.6 Å². The number of fused-ring (bicyclic) bond motifs is 3. The first kappa shape index (κ1) is 17.1. The highest BCUT2D eigenvalue weighted by atomic mass is 35.5. The van der Waals surface area contributed by atoms with Gasteiger partial charge >= 0.3 is 0 Å². The van der Waals surface area contributed by atoms with E-state index in [1.54, 1.807) is 6.07 Å². The molecule has 1 aliphatic rings. The minimum Gasteiger partial charge on any atom is -0.319 e. The summed E-state index contributed by atoms with van der Waals surface area (Å²) in [6.07, 6.45) is 1.96.